The van der Waals surface area contributed by atoms with Crippen molar-refractivity contribution in [2.45, 2.75) is 6.92 Å². The Hall–Kier alpha value is -2.03. The number of rotatable bonds is 2. The normalized spacial score (nSPS) is 11.3. The fraction of sp³-hybridized carbons (Fsp3) is 0.0833. The van der Waals surface area contributed by atoms with E-state index in [1.54, 1.807) is 12.1 Å². The number of fused-ring (bicyclic) bond motifs is 1. The molecule has 0 spiro atoms. The third-order valence-corrected chi connectivity index (χ3v) is 2.26. The van der Waals surface area contributed by atoms with Crippen LogP contribution in [0.5, 0.6) is 0 Å². The van der Waals surface area contributed by atoms with Crippen molar-refractivity contribution in [3.05, 3.63) is 41.6 Å². The molecule has 0 amide bonds. The number of H-pyrrole nitrogens is 1. The van der Waals surface area contributed by atoms with Crippen molar-refractivity contribution in [2.24, 2.45) is 0 Å². The Morgan fingerprint density at radius 2 is 2.27 bits per heavy atom. The van der Waals surface area contributed by atoms with Gasteiger partial charge >= 0.3 is 5.97 Å². The second-order valence-electron chi connectivity index (χ2n) is 3.30. The highest BCUT2D eigenvalue weighted by molar-refractivity contribution is 6.03. The van der Waals surface area contributed by atoms with Gasteiger partial charge in [0.25, 0.3) is 0 Å². The molecule has 3 heteroatoms. The molecular formula is C12H11NO2. The number of carboxylic acids is 1. The van der Waals surface area contributed by atoms with Crippen molar-refractivity contribution >= 4 is 22.9 Å². The number of hydrogen-bond donors (Lipinski definition) is 2. The average molecular weight is 201 g/mol. The van der Waals surface area contributed by atoms with Crippen LogP contribution in [0, 0.1) is 0 Å². The van der Waals surface area contributed by atoms with E-state index in [1.165, 1.54) is 0 Å². The van der Waals surface area contributed by atoms with Crippen molar-refractivity contribution in [3.63, 3.8) is 0 Å². The Kier molecular flexibility index (Phi) is 2.29. The van der Waals surface area contributed by atoms with E-state index in [1.807, 2.05) is 31.2 Å². The molecule has 76 valence electrons. The minimum absolute atomic E-state index is 0.333. The predicted octanol–water partition coefficient (Wildman–Crippen LogP) is 2.90. The molecule has 0 aliphatic carbocycles. The van der Waals surface area contributed by atoms with Gasteiger partial charge < -0.3 is 10.1 Å². The zero-order valence-electron chi connectivity index (χ0n) is 8.32. The molecule has 1 heterocycles. The minimum Gasteiger partial charge on any atom is -0.478 e. The van der Waals surface area contributed by atoms with Crippen LogP contribution in [0.1, 0.15) is 23.0 Å². The van der Waals surface area contributed by atoms with E-state index in [9.17, 15) is 4.79 Å². The van der Waals surface area contributed by atoms with Crippen molar-refractivity contribution in [1.29, 1.82) is 0 Å². The summed E-state index contributed by atoms with van der Waals surface area (Å²) in [7, 11) is 0. The van der Waals surface area contributed by atoms with Gasteiger partial charge in [0.1, 0.15) is 0 Å². The monoisotopic (exact) mass is 201 g/mol. The number of hydrogen-bond acceptors (Lipinski definition) is 1. The fourth-order valence-corrected chi connectivity index (χ4v) is 1.63. The molecule has 0 saturated carbocycles. The summed E-state index contributed by atoms with van der Waals surface area (Å²) in [6, 6.07) is 7.06. The van der Waals surface area contributed by atoms with Crippen LogP contribution in [0.2, 0.25) is 0 Å². The SMILES string of the molecule is C/C=C/c1cc2c(C(=O)O)cccc2[nH]1. The molecule has 1 aromatic heterocycles. The lowest BCUT2D eigenvalue weighted by molar-refractivity contribution is 0.0699. The summed E-state index contributed by atoms with van der Waals surface area (Å²) in [6.45, 7) is 1.92. The van der Waals surface area contributed by atoms with E-state index in [-0.39, 0.29) is 0 Å². The highest BCUT2D eigenvalue weighted by atomic mass is 16.4. The molecule has 3 nitrogen and oxygen atoms in total. The van der Waals surface area contributed by atoms with Crippen molar-refractivity contribution in [3.8, 4) is 0 Å². The number of nitrogens with one attached hydrogen (secondary N) is 1. The summed E-state index contributed by atoms with van der Waals surface area (Å²) in [5.74, 6) is -0.897. The van der Waals surface area contributed by atoms with Crippen molar-refractivity contribution in [1.82, 2.24) is 4.98 Å². The lowest BCUT2D eigenvalue weighted by atomic mass is 10.1. The Bertz CT molecular complexity index is 538. The van der Waals surface area contributed by atoms with Crippen LogP contribution in [0.4, 0.5) is 0 Å². The molecule has 2 aromatic rings. The number of benzene rings is 1. The number of aromatic nitrogens is 1. The molecule has 0 bridgehead atoms. The van der Waals surface area contributed by atoms with Gasteiger partial charge in [0, 0.05) is 16.6 Å². The maximum Gasteiger partial charge on any atom is 0.336 e. The number of allylic oxidation sites excluding steroid dienone is 1. The first-order valence-corrected chi connectivity index (χ1v) is 4.70. The zero-order valence-corrected chi connectivity index (χ0v) is 8.32. The van der Waals surface area contributed by atoms with Gasteiger partial charge in [0.15, 0.2) is 0 Å². The Morgan fingerprint density at radius 1 is 1.47 bits per heavy atom. The summed E-state index contributed by atoms with van der Waals surface area (Å²) in [4.78, 5) is 14.1. The van der Waals surface area contributed by atoms with Gasteiger partial charge in [0.05, 0.1) is 5.56 Å². The molecule has 0 fully saturated rings. The van der Waals surface area contributed by atoms with Crippen LogP contribution in [0.15, 0.2) is 30.3 Å². The number of aromatic amines is 1. The smallest absolute Gasteiger partial charge is 0.336 e. The molecule has 0 atom stereocenters. The van der Waals surface area contributed by atoms with Crippen molar-refractivity contribution < 1.29 is 9.90 Å². The maximum atomic E-state index is 11.0. The topological polar surface area (TPSA) is 53.1 Å². The lowest BCUT2D eigenvalue weighted by Crippen LogP contribution is -1.95. The van der Waals surface area contributed by atoms with Crippen LogP contribution in [-0.4, -0.2) is 16.1 Å². The van der Waals surface area contributed by atoms with E-state index in [0.717, 1.165) is 16.6 Å². The van der Waals surface area contributed by atoms with Gasteiger partial charge in [-0.3, -0.25) is 0 Å². The molecule has 0 unspecified atom stereocenters. The van der Waals surface area contributed by atoms with Crippen LogP contribution >= 0.6 is 0 Å². The summed E-state index contributed by atoms with van der Waals surface area (Å²) in [5, 5.41) is 9.74. The van der Waals surface area contributed by atoms with Gasteiger partial charge in [0.2, 0.25) is 0 Å². The van der Waals surface area contributed by atoms with E-state index in [0.29, 0.717) is 5.56 Å². The maximum absolute atomic E-state index is 11.0. The Morgan fingerprint density at radius 3 is 2.93 bits per heavy atom. The third kappa shape index (κ3) is 1.64. The molecule has 0 aliphatic heterocycles. The minimum atomic E-state index is -0.897. The standard InChI is InChI=1S/C12H11NO2/c1-2-4-8-7-10-9(12(14)15)5-3-6-11(10)13-8/h2-7,13H,1H3,(H,14,15)/b4-2+. The van der Waals surface area contributed by atoms with E-state index >= 15 is 0 Å². The zero-order chi connectivity index (χ0) is 10.8. The largest absolute Gasteiger partial charge is 0.478 e. The summed E-state index contributed by atoms with van der Waals surface area (Å²) in [5.41, 5.74) is 2.10. The molecule has 0 radical (unpaired) electrons. The second-order valence-corrected chi connectivity index (χ2v) is 3.30. The molecule has 0 saturated heterocycles. The van der Waals surface area contributed by atoms with E-state index < -0.39 is 5.97 Å². The van der Waals surface area contributed by atoms with E-state index in [2.05, 4.69) is 4.98 Å². The highest BCUT2D eigenvalue weighted by Gasteiger charge is 2.09. The molecule has 15 heavy (non-hydrogen) atoms. The van der Waals surface area contributed by atoms with Gasteiger partial charge in [-0.1, -0.05) is 12.1 Å². The quantitative estimate of drug-likeness (QED) is 0.784. The number of carboxylic acid groups (broad SMARTS) is 1. The number of aromatic carboxylic acids is 1. The van der Waals surface area contributed by atoms with E-state index in [4.69, 9.17) is 5.11 Å². The summed E-state index contributed by atoms with van der Waals surface area (Å²) < 4.78 is 0. The van der Waals surface area contributed by atoms with Gasteiger partial charge in [-0.15, -0.1) is 0 Å². The van der Waals surface area contributed by atoms with Gasteiger partial charge in [-0.2, -0.15) is 0 Å². The van der Waals surface area contributed by atoms with Crippen LogP contribution in [0.3, 0.4) is 0 Å². The van der Waals surface area contributed by atoms with Crippen LogP contribution in [-0.2, 0) is 0 Å². The fourth-order valence-electron chi connectivity index (χ4n) is 1.63. The molecular weight excluding hydrogens is 190 g/mol. The first-order valence-electron chi connectivity index (χ1n) is 4.70. The van der Waals surface area contributed by atoms with Crippen molar-refractivity contribution in [2.75, 3.05) is 0 Å². The summed E-state index contributed by atoms with van der Waals surface area (Å²) >= 11 is 0. The van der Waals surface area contributed by atoms with Crippen LogP contribution < -0.4 is 0 Å². The molecule has 2 N–H and O–H groups in total. The first kappa shape index (κ1) is 9.52. The average Bonchev–Trinajstić information content (AvgIpc) is 2.59. The Balaban J connectivity index is 2.69. The second kappa shape index (κ2) is 3.61. The van der Waals surface area contributed by atoms with Crippen LogP contribution in [0.25, 0.3) is 17.0 Å². The van der Waals surface area contributed by atoms with Gasteiger partial charge in [-0.05, 0) is 31.2 Å². The molecule has 0 aliphatic rings. The predicted molar refractivity (Wildman–Crippen MR) is 60.0 cm³/mol. The summed E-state index contributed by atoms with van der Waals surface area (Å²) in [6.07, 6.45) is 3.82. The third-order valence-electron chi connectivity index (χ3n) is 2.26. The molecule has 2 rings (SSSR count). The lowest BCUT2D eigenvalue weighted by Gasteiger charge is -1.94. The molecule has 1 aromatic carbocycles. The van der Waals surface area contributed by atoms with Gasteiger partial charge in [-0.25, -0.2) is 4.79 Å². The highest BCUT2D eigenvalue weighted by Crippen LogP contribution is 2.20. The number of carbonyl (C=O) groups is 1. The Labute approximate surface area is 87.0 Å². The first-order chi connectivity index (χ1) is 7.22.